The molecular formula is C24H22. The van der Waals surface area contributed by atoms with E-state index >= 15 is 0 Å². The lowest BCUT2D eigenvalue weighted by atomic mass is 9.94. The van der Waals surface area contributed by atoms with Crippen molar-refractivity contribution in [2.24, 2.45) is 0 Å². The maximum absolute atomic E-state index is 3.23. The Kier molecular flexibility index (Phi) is 5.14. The molecule has 0 radical (unpaired) electrons. The van der Waals surface area contributed by atoms with Gasteiger partial charge in [-0.3, -0.25) is 0 Å². The summed E-state index contributed by atoms with van der Waals surface area (Å²) in [4.78, 5) is 0. The Morgan fingerprint density at radius 3 is 2.50 bits per heavy atom. The Balaban J connectivity index is 1.67. The Bertz CT molecular complexity index is 897. The third-order valence-corrected chi connectivity index (χ3v) is 4.24. The number of allylic oxidation sites excluding steroid dienone is 2. The van der Waals surface area contributed by atoms with Gasteiger partial charge < -0.3 is 0 Å². The summed E-state index contributed by atoms with van der Waals surface area (Å²) in [7, 11) is 0. The van der Waals surface area contributed by atoms with Crippen molar-refractivity contribution in [2.75, 3.05) is 0 Å². The maximum atomic E-state index is 3.23. The number of hydrogen-bond acceptors (Lipinski definition) is 0. The quantitative estimate of drug-likeness (QED) is 0.396. The summed E-state index contributed by atoms with van der Waals surface area (Å²) in [6.45, 7) is 4.33. The zero-order valence-electron chi connectivity index (χ0n) is 14.3. The molecule has 0 N–H and O–H groups in total. The van der Waals surface area contributed by atoms with Crippen molar-refractivity contribution in [2.45, 2.75) is 26.2 Å². The molecule has 0 unspecified atom stereocenters. The smallest absolute Gasteiger partial charge is 0.0273 e. The molecule has 0 heteroatoms. The van der Waals surface area contributed by atoms with E-state index in [2.05, 4.69) is 105 Å². The minimum atomic E-state index is 0.386. The molecule has 0 heterocycles. The first kappa shape index (κ1) is 16.1. The predicted octanol–water partition coefficient (Wildman–Crippen LogP) is 6.25. The molecule has 0 amide bonds. The number of benzene rings is 3. The maximum Gasteiger partial charge on any atom is 0.0273 e. The molecule has 1 atom stereocenters. The van der Waals surface area contributed by atoms with Gasteiger partial charge in [0.15, 0.2) is 0 Å². The van der Waals surface area contributed by atoms with Crippen molar-refractivity contribution < 1.29 is 0 Å². The highest BCUT2D eigenvalue weighted by Crippen LogP contribution is 2.26. The average molecular weight is 310 g/mol. The molecule has 3 aromatic rings. The third kappa shape index (κ3) is 3.94. The number of rotatable bonds is 3. The van der Waals surface area contributed by atoms with Crippen LogP contribution in [0.15, 0.2) is 78.9 Å². The van der Waals surface area contributed by atoms with E-state index in [0.717, 1.165) is 12.0 Å². The third-order valence-electron chi connectivity index (χ3n) is 4.24. The fourth-order valence-corrected chi connectivity index (χ4v) is 2.87. The molecule has 3 rings (SSSR count). The van der Waals surface area contributed by atoms with E-state index in [-0.39, 0.29) is 0 Å². The van der Waals surface area contributed by atoms with Crippen LogP contribution >= 0.6 is 0 Å². The first-order valence-corrected chi connectivity index (χ1v) is 8.44. The molecule has 0 nitrogen and oxygen atoms in total. The summed E-state index contributed by atoms with van der Waals surface area (Å²) in [6.07, 6.45) is 5.21. The van der Waals surface area contributed by atoms with Crippen molar-refractivity contribution in [1.29, 1.82) is 0 Å². The van der Waals surface area contributed by atoms with Crippen molar-refractivity contribution in [3.8, 4) is 11.8 Å². The van der Waals surface area contributed by atoms with E-state index in [1.807, 2.05) is 0 Å². The summed E-state index contributed by atoms with van der Waals surface area (Å²) < 4.78 is 0. The topological polar surface area (TPSA) is 0 Å². The van der Waals surface area contributed by atoms with Gasteiger partial charge in [0.1, 0.15) is 0 Å². The van der Waals surface area contributed by atoms with Gasteiger partial charge in [0.05, 0.1) is 0 Å². The lowest BCUT2D eigenvalue weighted by molar-refractivity contribution is 0.974. The predicted molar refractivity (Wildman–Crippen MR) is 104 cm³/mol. The highest BCUT2D eigenvalue weighted by atomic mass is 14.1. The van der Waals surface area contributed by atoms with E-state index in [4.69, 9.17) is 0 Å². The van der Waals surface area contributed by atoms with Crippen LogP contribution in [0.5, 0.6) is 0 Å². The minimum Gasteiger partial charge on any atom is -0.0937 e. The molecule has 0 saturated carbocycles. The van der Waals surface area contributed by atoms with Gasteiger partial charge in [-0.2, -0.15) is 0 Å². The molecule has 0 bridgehead atoms. The van der Waals surface area contributed by atoms with E-state index in [1.165, 1.54) is 21.9 Å². The second-order valence-electron chi connectivity index (χ2n) is 6.16. The first-order chi connectivity index (χ1) is 11.7. The monoisotopic (exact) mass is 310 g/mol. The Labute approximate surface area is 144 Å². The van der Waals surface area contributed by atoms with Gasteiger partial charge in [0, 0.05) is 12.0 Å². The van der Waals surface area contributed by atoms with Gasteiger partial charge in [-0.05, 0) is 41.3 Å². The molecule has 24 heavy (non-hydrogen) atoms. The van der Waals surface area contributed by atoms with E-state index < -0.39 is 0 Å². The van der Waals surface area contributed by atoms with Gasteiger partial charge in [0.2, 0.25) is 0 Å². The molecule has 118 valence electrons. The highest BCUT2D eigenvalue weighted by molar-refractivity contribution is 5.86. The SMILES string of the molecule is Cc1ccc(C#CC/C=C\[C@@H](C)c2cccc3ccccc23)cc1. The van der Waals surface area contributed by atoms with Crippen molar-refractivity contribution in [3.05, 3.63) is 95.6 Å². The first-order valence-electron chi connectivity index (χ1n) is 8.44. The van der Waals surface area contributed by atoms with Crippen molar-refractivity contribution >= 4 is 10.8 Å². The summed E-state index contributed by atoms with van der Waals surface area (Å²) in [5, 5.41) is 2.64. The zero-order chi connectivity index (χ0) is 16.8. The molecule has 0 spiro atoms. The lowest BCUT2D eigenvalue weighted by Crippen LogP contribution is -1.90. The van der Waals surface area contributed by atoms with Gasteiger partial charge >= 0.3 is 0 Å². The standard InChI is InChI=1S/C24H22/c1-19-15-17-21(18-16-19)10-5-3-4-9-20(2)23-14-8-12-22-11-6-7-13-24(22)23/h4,6-9,11-18,20H,3H2,1-2H3/b9-4-/t20-/m1/s1. The van der Waals surface area contributed by atoms with Crippen LogP contribution in [0.25, 0.3) is 10.8 Å². The van der Waals surface area contributed by atoms with Gasteiger partial charge in [0.25, 0.3) is 0 Å². The van der Waals surface area contributed by atoms with Crippen LogP contribution in [0.4, 0.5) is 0 Å². The van der Waals surface area contributed by atoms with Crippen LogP contribution in [0.2, 0.25) is 0 Å². The molecule has 0 aliphatic rings. The van der Waals surface area contributed by atoms with Crippen molar-refractivity contribution in [1.82, 2.24) is 0 Å². The van der Waals surface area contributed by atoms with Crippen LogP contribution in [-0.2, 0) is 0 Å². The van der Waals surface area contributed by atoms with E-state index in [1.54, 1.807) is 0 Å². The lowest BCUT2D eigenvalue weighted by Gasteiger charge is -2.10. The van der Waals surface area contributed by atoms with Gasteiger partial charge in [-0.15, -0.1) is 0 Å². The van der Waals surface area contributed by atoms with Crippen LogP contribution in [0, 0.1) is 18.8 Å². The van der Waals surface area contributed by atoms with E-state index in [0.29, 0.717) is 5.92 Å². The number of aryl methyl sites for hydroxylation is 1. The van der Waals surface area contributed by atoms with Crippen LogP contribution in [0.1, 0.15) is 36.0 Å². The molecule has 3 aromatic carbocycles. The Hall–Kier alpha value is -2.78. The van der Waals surface area contributed by atoms with Crippen LogP contribution < -0.4 is 0 Å². The summed E-state index contributed by atoms with van der Waals surface area (Å²) >= 11 is 0. The van der Waals surface area contributed by atoms with Crippen LogP contribution in [0.3, 0.4) is 0 Å². The molecular weight excluding hydrogens is 288 g/mol. The second-order valence-corrected chi connectivity index (χ2v) is 6.16. The fraction of sp³-hybridized carbons (Fsp3) is 0.167. The summed E-state index contributed by atoms with van der Waals surface area (Å²) in [5.74, 6) is 6.83. The molecule has 0 aromatic heterocycles. The second kappa shape index (κ2) is 7.66. The summed E-state index contributed by atoms with van der Waals surface area (Å²) in [5.41, 5.74) is 3.72. The summed E-state index contributed by atoms with van der Waals surface area (Å²) in [6, 6.07) is 23.4. The average Bonchev–Trinajstić information content (AvgIpc) is 2.62. The number of hydrogen-bond donors (Lipinski definition) is 0. The zero-order valence-corrected chi connectivity index (χ0v) is 14.3. The van der Waals surface area contributed by atoms with Gasteiger partial charge in [-0.25, -0.2) is 0 Å². The molecule has 0 aliphatic carbocycles. The Morgan fingerprint density at radius 2 is 1.67 bits per heavy atom. The fourth-order valence-electron chi connectivity index (χ4n) is 2.87. The molecule has 0 saturated heterocycles. The van der Waals surface area contributed by atoms with E-state index in [9.17, 15) is 0 Å². The molecule has 0 fully saturated rings. The van der Waals surface area contributed by atoms with Crippen LogP contribution in [-0.4, -0.2) is 0 Å². The molecule has 0 aliphatic heterocycles. The van der Waals surface area contributed by atoms with Gasteiger partial charge in [-0.1, -0.05) is 91.1 Å². The largest absolute Gasteiger partial charge is 0.0937 e. The van der Waals surface area contributed by atoms with Crippen molar-refractivity contribution in [3.63, 3.8) is 0 Å². The highest BCUT2D eigenvalue weighted by Gasteiger charge is 2.05. The number of fused-ring (bicyclic) bond motifs is 1. The normalized spacial score (nSPS) is 12.1. The Morgan fingerprint density at radius 1 is 0.917 bits per heavy atom. The minimum absolute atomic E-state index is 0.386.